The lowest BCUT2D eigenvalue weighted by molar-refractivity contribution is 4.92. The molecule has 6 heavy (non-hydrogen) atoms. The quantitative estimate of drug-likeness (QED) is 0.562. The van der Waals surface area contributed by atoms with E-state index in [1.165, 1.54) is 0 Å². The fourth-order valence-corrected chi connectivity index (χ4v) is 0. The molecule has 0 spiro atoms. The molecular formula is H8P6. The number of hydrogen-bond donors (Lipinski definition) is 0. The summed E-state index contributed by atoms with van der Waals surface area (Å²) in [6.07, 6.45) is 0. The Kier molecular flexibility index (Phi) is 6.38. The summed E-state index contributed by atoms with van der Waals surface area (Å²) in [7, 11) is 11.2. The molecule has 6 heteroatoms. The van der Waals surface area contributed by atoms with Crippen LogP contribution in [0.1, 0.15) is 0 Å². The van der Waals surface area contributed by atoms with Crippen LogP contribution in [-0.4, -0.2) is 0 Å². The van der Waals surface area contributed by atoms with Gasteiger partial charge < -0.3 is 0 Å². The highest BCUT2D eigenvalue weighted by molar-refractivity contribution is 8.92. The lowest BCUT2D eigenvalue weighted by Crippen LogP contribution is -1.14. The van der Waals surface area contributed by atoms with E-state index in [4.69, 9.17) is 0 Å². The molecule has 0 heterocycles. The first-order chi connectivity index (χ1) is 2.64. The predicted octanol–water partition coefficient (Wildman–Crippen LogP) is 3.03. The van der Waals surface area contributed by atoms with Crippen molar-refractivity contribution in [2.24, 2.45) is 0 Å². The molecule has 0 aromatic rings. The van der Waals surface area contributed by atoms with Crippen molar-refractivity contribution in [3.63, 3.8) is 0 Å². The summed E-state index contributed by atoms with van der Waals surface area (Å²) in [5.41, 5.74) is 0. The van der Waals surface area contributed by atoms with E-state index in [-0.39, 0.29) is 14.0 Å². The second-order valence-corrected chi connectivity index (χ2v) is 20.5. The molecule has 4 atom stereocenters. The summed E-state index contributed by atoms with van der Waals surface area (Å²) in [6.45, 7) is 0.329. The van der Waals surface area contributed by atoms with E-state index in [1.807, 2.05) is 0 Å². The zero-order valence-electron chi connectivity index (χ0n) is 3.20. The lowest BCUT2D eigenvalue weighted by Gasteiger charge is -2.06. The van der Waals surface area contributed by atoms with Crippen LogP contribution in [0.3, 0.4) is 0 Å². The third-order valence-corrected chi connectivity index (χ3v) is 21.6. The summed E-state index contributed by atoms with van der Waals surface area (Å²) < 4.78 is 0. The van der Waals surface area contributed by atoms with Gasteiger partial charge in [-0.05, 0) is 14.0 Å². The minimum Gasteiger partial charge on any atom is -0.102 e. The normalized spacial score (nSPS) is 11.0. The Labute approximate surface area is 50.2 Å². The molecule has 0 amide bonds. The molecule has 0 aliphatic carbocycles. The van der Waals surface area contributed by atoms with E-state index in [0.29, 0.717) is 0 Å². The van der Waals surface area contributed by atoms with Crippen molar-refractivity contribution >= 4 is 49.7 Å². The third-order valence-electron chi connectivity index (χ3n) is 0.267. The van der Waals surface area contributed by atoms with Crippen LogP contribution >= 0.6 is 49.7 Å². The van der Waals surface area contributed by atoms with Crippen molar-refractivity contribution in [2.75, 3.05) is 0 Å². The highest BCUT2D eigenvalue weighted by Crippen LogP contribution is 2.86. The van der Waals surface area contributed by atoms with E-state index in [1.54, 1.807) is 0 Å². The van der Waals surface area contributed by atoms with Crippen LogP contribution in [0.4, 0.5) is 0 Å². The topological polar surface area (TPSA) is 0 Å². The SMILES string of the molecule is PP(P)P(P)P. The molecule has 0 saturated heterocycles. The van der Waals surface area contributed by atoms with Gasteiger partial charge in [0.2, 0.25) is 0 Å². The molecule has 38 valence electrons. The van der Waals surface area contributed by atoms with Gasteiger partial charge in [-0.3, -0.25) is 0 Å². The predicted molar refractivity (Wildman–Crippen MR) is 52.7 cm³/mol. The summed E-state index contributed by atoms with van der Waals surface area (Å²) in [4.78, 5) is 0. The molecule has 4 unspecified atom stereocenters. The molecule has 0 aromatic heterocycles. The van der Waals surface area contributed by atoms with Crippen molar-refractivity contribution in [3.8, 4) is 0 Å². The van der Waals surface area contributed by atoms with Gasteiger partial charge in [0, 0.05) is 0 Å². The van der Waals surface area contributed by atoms with Crippen molar-refractivity contribution < 1.29 is 0 Å². The van der Waals surface area contributed by atoms with Crippen LogP contribution in [0.25, 0.3) is 0 Å². The molecule has 0 N–H and O–H groups in total. The highest BCUT2D eigenvalue weighted by Gasteiger charge is 1.94. The maximum atomic E-state index is 2.79. The van der Waals surface area contributed by atoms with Crippen LogP contribution in [0.2, 0.25) is 0 Å². The zero-order valence-corrected chi connectivity index (χ0v) is 9.61. The average Bonchev–Trinajstić information content (AvgIpc) is 1.36. The van der Waals surface area contributed by atoms with Crippen LogP contribution in [0.5, 0.6) is 0 Å². The Hall–Kier alpha value is 2.58. The van der Waals surface area contributed by atoms with Crippen LogP contribution in [-0.2, 0) is 0 Å². The van der Waals surface area contributed by atoms with Crippen LogP contribution in [0.15, 0.2) is 0 Å². The highest BCUT2D eigenvalue weighted by atomic mass is 33.0. The standard InChI is InChI=1S/H8P6/c1-5(2)6(3)4/h1-4H2. The summed E-state index contributed by atoms with van der Waals surface area (Å²) in [5, 5.41) is 0. The molecular weight excluding hydrogens is 186 g/mol. The molecule has 0 saturated carbocycles. The maximum Gasteiger partial charge on any atom is -0.0358 e. The van der Waals surface area contributed by atoms with Gasteiger partial charge in [-0.1, -0.05) is 0 Å². The van der Waals surface area contributed by atoms with E-state index in [9.17, 15) is 0 Å². The van der Waals surface area contributed by atoms with Gasteiger partial charge in [0.05, 0.1) is 0 Å². The monoisotopic (exact) mass is 194 g/mol. The van der Waals surface area contributed by atoms with E-state index >= 15 is 0 Å². The maximum absolute atomic E-state index is 2.79. The first-order valence-corrected chi connectivity index (χ1v) is 11.1. The molecule has 0 nitrogen and oxygen atoms in total. The zero-order chi connectivity index (χ0) is 5.15. The third kappa shape index (κ3) is 4.73. The molecule has 0 fully saturated rings. The Morgan fingerprint density at radius 1 is 0.667 bits per heavy atom. The minimum absolute atomic E-state index is 0.165. The van der Waals surface area contributed by atoms with Gasteiger partial charge in [0.1, 0.15) is 0 Å². The van der Waals surface area contributed by atoms with Crippen molar-refractivity contribution in [1.29, 1.82) is 0 Å². The smallest absolute Gasteiger partial charge is 0.0358 e. The minimum atomic E-state index is 0.165. The summed E-state index contributed by atoms with van der Waals surface area (Å²) in [5.74, 6) is 0. The fraction of sp³-hybridized carbons (Fsp3) is 0. The Morgan fingerprint density at radius 2 is 0.833 bits per heavy atom. The second kappa shape index (κ2) is 4.46. The number of rotatable bonds is 1. The Morgan fingerprint density at radius 3 is 0.833 bits per heavy atom. The summed E-state index contributed by atoms with van der Waals surface area (Å²) in [6, 6.07) is 0. The first kappa shape index (κ1) is 8.58. The molecule has 0 bridgehead atoms. The van der Waals surface area contributed by atoms with E-state index in [2.05, 4.69) is 35.7 Å². The average molecular weight is 194 g/mol. The molecule has 0 radical (unpaired) electrons. The van der Waals surface area contributed by atoms with Gasteiger partial charge >= 0.3 is 0 Å². The van der Waals surface area contributed by atoms with Gasteiger partial charge in [-0.25, -0.2) is 0 Å². The van der Waals surface area contributed by atoms with Gasteiger partial charge in [-0.2, -0.15) is 0 Å². The molecule has 0 aliphatic rings. The molecule has 0 aromatic carbocycles. The lowest BCUT2D eigenvalue weighted by atomic mass is 29.0. The van der Waals surface area contributed by atoms with Crippen molar-refractivity contribution in [2.45, 2.75) is 0 Å². The summed E-state index contributed by atoms with van der Waals surface area (Å²) >= 11 is 0. The van der Waals surface area contributed by atoms with Gasteiger partial charge in [0.25, 0.3) is 0 Å². The largest absolute Gasteiger partial charge is 0.102 e. The van der Waals surface area contributed by atoms with Crippen molar-refractivity contribution in [3.05, 3.63) is 0 Å². The Balaban J connectivity index is 2.99. The first-order valence-electron chi connectivity index (χ1n) is 1.23. The van der Waals surface area contributed by atoms with E-state index < -0.39 is 0 Å². The molecule has 0 aliphatic heterocycles. The second-order valence-electron chi connectivity index (χ2n) is 0.760. The molecule has 0 rings (SSSR count). The number of hydrogen-bond acceptors (Lipinski definition) is 0. The Bertz CT molecular complexity index is 21.0. The van der Waals surface area contributed by atoms with Gasteiger partial charge in [-0.15, -0.1) is 35.7 Å². The van der Waals surface area contributed by atoms with Crippen molar-refractivity contribution in [1.82, 2.24) is 0 Å². The fourth-order valence-electron chi connectivity index (χ4n) is 0. The van der Waals surface area contributed by atoms with Crippen LogP contribution in [0, 0.1) is 0 Å². The van der Waals surface area contributed by atoms with Gasteiger partial charge in [0.15, 0.2) is 0 Å². The van der Waals surface area contributed by atoms with E-state index in [0.717, 1.165) is 0 Å². The van der Waals surface area contributed by atoms with Crippen LogP contribution < -0.4 is 0 Å².